The highest BCUT2D eigenvalue weighted by atomic mass is 16.6. The third-order valence-corrected chi connectivity index (χ3v) is 4.56. The summed E-state index contributed by atoms with van der Waals surface area (Å²) in [7, 11) is 0. The summed E-state index contributed by atoms with van der Waals surface area (Å²) in [6, 6.07) is 16.4. The number of pyridine rings is 1. The zero-order chi connectivity index (χ0) is 21.1. The Hall–Kier alpha value is -4.64. The zero-order valence-corrected chi connectivity index (χ0v) is 15.4. The van der Waals surface area contributed by atoms with E-state index in [1.54, 1.807) is 54.9 Å². The van der Waals surface area contributed by atoms with Crippen molar-refractivity contribution in [2.45, 2.75) is 0 Å². The molecule has 0 spiro atoms. The molecule has 2 aromatic carbocycles. The van der Waals surface area contributed by atoms with E-state index >= 15 is 0 Å². The predicted octanol–water partition coefficient (Wildman–Crippen LogP) is 3.95. The highest BCUT2D eigenvalue weighted by Gasteiger charge is 2.22. The van der Waals surface area contributed by atoms with E-state index in [9.17, 15) is 20.2 Å². The normalized spacial score (nSPS) is 10.4. The maximum Gasteiger partial charge on any atom is 0.270 e. The molecule has 1 N–H and O–H groups in total. The number of hydrogen-bond donors (Lipinski definition) is 1. The number of non-ortho nitro benzene ring substituents is 1. The van der Waals surface area contributed by atoms with Crippen molar-refractivity contribution in [1.82, 2.24) is 15.0 Å². The molecular weight excluding hydrogens is 382 g/mol. The third-order valence-electron chi connectivity index (χ3n) is 4.56. The smallest absolute Gasteiger partial charge is 0.270 e. The number of nitro benzene ring substituents is 1. The Morgan fingerprint density at radius 2 is 1.73 bits per heavy atom. The predicted molar refractivity (Wildman–Crippen MR) is 110 cm³/mol. The number of hydrogen-bond acceptors (Lipinski definition) is 6. The van der Waals surface area contributed by atoms with Crippen molar-refractivity contribution in [2.75, 3.05) is 0 Å². The first-order valence-corrected chi connectivity index (χ1v) is 8.87. The maximum absolute atomic E-state index is 12.9. The van der Waals surface area contributed by atoms with Crippen LogP contribution in [-0.2, 0) is 0 Å². The Morgan fingerprint density at radius 1 is 0.967 bits per heavy atom. The number of aromatic amines is 1. The van der Waals surface area contributed by atoms with Crippen LogP contribution in [0.2, 0.25) is 0 Å². The molecule has 0 aliphatic carbocycles. The van der Waals surface area contributed by atoms with E-state index in [1.165, 1.54) is 18.3 Å². The molecule has 0 unspecified atom stereocenters. The van der Waals surface area contributed by atoms with Crippen LogP contribution in [0.15, 0.2) is 78.0 Å². The molecule has 0 atom stereocenters. The molecule has 0 fully saturated rings. The molecule has 0 aliphatic rings. The van der Waals surface area contributed by atoms with Crippen LogP contribution in [0.5, 0.6) is 0 Å². The number of aromatic nitrogens is 3. The second kappa shape index (κ2) is 7.77. The van der Waals surface area contributed by atoms with E-state index in [4.69, 9.17) is 0 Å². The lowest BCUT2D eigenvalue weighted by Gasteiger charge is -2.15. The summed E-state index contributed by atoms with van der Waals surface area (Å²) in [5.74, 6) is 0.339. The average molecular weight is 395 g/mol. The lowest BCUT2D eigenvalue weighted by Crippen LogP contribution is -2.12. The molecule has 2 aromatic heterocycles. The second-order valence-corrected chi connectivity index (χ2v) is 6.32. The van der Waals surface area contributed by atoms with Crippen LogP contribution in [0, 0.1) is 21.4 Å². The van der Waals surface area contributed by atoms with E-state index in [2.05, 4.69) is 21.0 Å². The molecule has 4 rings (SSSR count). The minimum atomic E-state index is -0.502. The molecule has 8 nitrogen and oxygen atoms in total. The van der Waals surface area contributed by atoms with Crippen LogP contribution in [0.1, 0.15) is 5.56 Å². The molecule has 30 heavy (non-hydrogen) atoms. The van der Waals surface area contributed by atoms with Crippen molar-refractivity contribution in [3.8, 4) is 39.7 Å². The fraction of sp³-hybridized carbons (Fsp3) is 0. The van der Waals surface area contributed by atoms with Gasteiger partial charge >= 0.3 is 0 Å². The van der Waals surface area contributed by atoms with Gasteiger partial charge in [-0.1, -0.05) is 30.3 Å². The monoisotopic (exact) mass is 395 g/mol. The van der Waals surface area contributed by atoms with E-state index in [0.717, 1.165) is 0 Å². The number of rotatable bonds is 4. The van der Waals surface area contributed by atoms with Gasteiger partial charge in [0.25, 0.3) is 11.2 Å². The molecule has 0 amide bonds. The summed E-state index contributed by atoms with van der Waals surface area (Å²) in [6.07, 6.45) is 4.60. The van der Waals surface area contributed by atoms with Crippen LogP contribution in [-0.4, -0.2) is 19.9 Å². The van der Waals surface area contributed by atoms with Crippen LogP contribution in [0.4, 0.5) is 5.69 Å². The summed E-state index contributed by atoms with van der Waals surface area (Å²) < 4.78 is 0. The molecule has 0 bridgehead atoms. The van der Waals surface area contributed by atoms with Gasteiger partial charge in [0.2, 0.25) is 0 Å². The molecule has 4 aromatic rings. The third kappa shape index (κ3) is 3.31. The van der Waals surface area contributed by atoms with Gasteiger partial charge in [0.05, 0.1) is 22.1 Å². The largest absolute Gasteiger partial charge is 0.328 e. The number of H-pyrrole nitrogens is 1. The van der Waals surface area contributed by atoms with Gasteiger partial charge in [0.1, 0.15) is 0 Å². The van der Waals surface area contributed by atoms with Gasteiger partial charge in [-0.2, -0.15) is 5.26 Å². The van der Waals surface area contributed by atoms with Gasteiger partial charge in [-0.25, -0.2) is 9.97 Å². The van der Waals surface area contributed by atoms with Crippen LogP contribution < -0.4 is 5.56 Å². The maximum atomic E-state index is 12.9. The zero-order valence-electron chi connectivity index (χ0n) is 15.4. The lowest BCUT2D eigenvalue weighted by atomic mass is 9.90. The average Bonchev–Trinajstić information content (AvgIpc) is 2.79. The van der Waals surface area contributed by atoms with Gasteiger partial charge < -0.3 is 4.98 Å². The van der Waals surface area contributed by atoms with Crippen molar-refractivity contribution in [3.63, 3.8) is 0 Å². The van der Waals surface area contributed by atoms with E-state index < -0.39 is 10.5 Å². The Kier molecular flexibility index (Phi) is 4.85. The quantitative estimate of drug-likeness (QED) is 0.412. The topological polar surface area (TPSA) is 126 Å². The van der Waals surface area contributed by atoms with Crippen molar-refractivity contribution in [2.24, 2.45) is 0 Å². The van der Waals surface area contributed by atoms with E-state index in [-0.39, 0.29) is 11.3 Å². The first-order chi connectivity index (χ1) is 14.6. The first-order valence-electron chi connectivity index (χ1n) is 8.87. The second-order valence-electron chi connectivity index (χ2n) is 6.32. The number of nitro groups is 1. The van der Waals surface area contributed by atoms with E-state index in [1.807, 2.05) is 0 Å². The van der Waals surface area contributed by atoms with Gasteiger partial charge in [-0.15, -0.1) is 0 Å². The highest BCUT2D eigenvalue weighted by molar-refractivity contribution is 5.93. The molecule has 0 saturated heterocycles. The Labute approximate surface area is 170 Å². The number of nitrogens with zero attached hydrogens (tertiary/aromatic N) is 4. The van der Waals surface area contributed by atoms with Crippen molar-refractivity contribution in [3.05, 3.63) is 99.2 Å². The van der Waals surface area contributed by atoms with Crippen molar-refractivity contribution in [1.29, 1.82) is 5.26 Å². The van der Waals surface area contributed by atoms with Gasteiger partial charge in [-0.3, -0.25) is 14.9 Å². The van der Waals surface area contributed by atoms with Gasteiger partial charge in [-0.05, 0) is 17.7 Å². The van der Waals surface area contributed by atoms with E-state index in [0.29, 0.717) is 33.6 Å². The van der Waals surface area contributed by atoms with Crippen LogP contribution in [0.25, 0.3) is 33.6 Å². The molecule has 0 radical (unpaired) electrons. The molecule has 144 valence electrons. The van der Waals surface area contributed by atoms with Gasteiger partial charge in [0.15, 0.2) is 5.82 Å². The Morgan fingerprint density at radius 3 is 2.47 bits per heavy atom. The minimum absolute atomic E-state index is 0.118. The van der Waals surface area contributed by atoms with Gasteiger partial charge in [0, 0.05) is 47.4 Å². The molecule has 8 heteroatoms. The summed E-state index contributed by atoms with van der Waals surface area (Å²) in [5.41, 5.74) is 1.74. The number of benzene rings is 2. The Balaban J connectivity index is 2.14. The Bertz CT molecular complexity index is 1360. The van der Waals surface area contributed by atoms with Crippen LogP contribution >= 0.6 is 0 Å². The highest BCUT2D eigenvalue weighted by Crippen LogP contribution is 2.38. The standard InChI is InChI=1S/C22H13N5O3/c23-12-15-5-1-2-8-17(15)20-19(14-6-3-7-16(11-14)27(29)30)18(13-26-22(20)28)21-24-9-4-10-25-21/h1-11,13H,(H,26,28). The number of nitriles is 1. The fourth-order valence-corrected chi connectivity index (χ4v) is 3.28. The minimum Gasteiger partial charge on any atom is -0.328 e. The van der Waals surface area contributed by atoms with Crippen molar-refractivity contribution < 1.29 is 4.92 Å². The number of nitrogens with one attached hydrogen (secondary N) is 1. The SMILES string of the molecule is N#Cc1ccccc1-c1c(-c2cccc([N+](=O)[O-])c2)c(-c2ncccn2)c[nH]c1=O. The molecular formula is C22H13N5O3. The summed E-state index contributed by atoms with van der Waals surface area (Å²) in [5, 5.41) is 20.9. The fourth-order valence-electron chi connectivity index (χ4n) is 3.28. The summed E-state index contributed by atoms with van der Waals surface area (Å²) >= 11 is 0. The summed E-state index contributed by atoms with van der Waals surface area (Å²) in [4.78, 5) is 35.0. The molecule has 0 saturated carbocycles. The van der Waals surface area contributed by atoms with Crippen molar-refractivity contribution >= 4 is 5.69 Å². The molecule has 0 aliphatic heterocycles. The summed E-state index contributed by atoms with van der Waals surface area (Å²) in [6.45, 7) is 0. The lowest BCUT2D eigenvalue weighted by molar-refractivity contribution is -0.384. The van der Waals surface area contributed by atoms with Crippen LogP contribution in [0.3, 0.4) is 0 Å². The molecule has 2 heterocycles. The first kappa shape index (κ1) is 18.7.